The second-order valence-corrected chi connectivity index (χ2v) is 5.58. The number of carboxylic acid groups (broad SMARTS) is 1. The second-order valence-electron chi connectivity index (χ2n) is 5.58. The maximum atomic E-state index is 11.8. The highest BCUT2D eigenvalue weighted by atomic mass is 16.6. The molecule has 2 unspecified atom stereocenters. The van der Waals surface area contributed by atoms with Crippen molar-refractivity contribution in [2.24, 2.45) is 11.8 Å². The van der Waals surface area contributed by atoms with Gasteiger partial charge in [0.25, 0.3) is 0 Å². The Morgan fingerprint density at radius 1 is 1.38 bits per heavy atom. The summed E-state index contributed by atoms with van der Waals surface area (Å²) in [5.41, 5.74) is -0.576. The standard InChI is InChI=1S/C11H17NO4/c1-11(2,3)16-10(15)12-5-6-4-7(6)8(12)9(13)14/h6-8H,4-5H2,1-3H3,(H,13,14)/t6?,7?,8-/m1/s1. The van der Waals surface area contributed by atoms with E-state index in [9.17, 15) is 9.59 Å². The molecule has 0 radical (unpaired) electrons. The fraction of sp³-hybridized carbons (Fsp3) is 0.818. The molecule has 2 rings (SSSR count). The molecule has 1 heterocycles. The molecule has 0 aromatic rings. The fourth-order valence-corrected chi connectivity index (χ4v) is 2.29. The lowest BCUT2D eigenvalue weighted by Gasteiger charge is -2.28. The molecule has 2 aliphatic rings. The van der Waals surface area contributed by atoms with Gasteiger partial charge in [0.1, 0.15) is 11.6 Å². The van der Waals surface area contributed by atoms with E-state index in [0.29, 0.717) is 12.5 Å². The van der Waals surface area contributed by atoms with Crippen LogP contribution in [0.3, 0.4) is 0 Å². The first-order chi connectivity index (χ1) is 7.29. The number of aliphatic carboxylic acids is 1. The number of hydrogen-bond acceptors (Lipinski definition) is 3. The van der Waals surface area contributed by atoms with Gasteiger partial charge in [0, 0.05) is 6.54 Å². The number of carbonyl (C=O) groups excluding carboxylic acids is 1. The summed E-state index contributed by atoms with van der Waals surface area (Å²) < 4.78 is 5.19. The molecule has 5 nitrogen and oxygen atoms in total. The Morgan fingerprint density at radius 3 is 2.50 bits per heavy atom. The lowest BCUT2D eigenvalue weighted by Crippen LogP contribution is -2.45. The van der Waals surface area contributed by atoms with E-state index in [1.165, 1.54) is 4.90 Å². The van der Waals surface area contributed by atoms with E-state index < -0.39 is 23.7 Å². The Hall–Kier alpha value is -1.26. The van der Waals surface area contributed by atoms with Crippen molar-refractivity contribution in [3.05, 3.63) is 0 Å². The molecule has 1 saturated carbocycles. The van der Waals surface area contributed by atoms with Crippen LogP contribution in [0.15, 0.2) is 0 Å². The summed E-state index contributed by atoms with van der Waals surface area (Å²) in [4.78, 5) is 24.2. The van der Waals surface area contributed by atoms with Crippen molar-refractivity contribution in [3.8, 4) is 0 Å². The molecule has 3 atom stereocenters. The molecule has 1 aliphatic carbocycles. The molecule has 16 heavy (non-hydrogen) atoms. The summed E-state index contributed by atoms with van der Waals surface area (Å²) in [6.45, 7) is 5.85. The minimum absolute atomic E-state index is 0.144. The summed E-state index contributed by atoms with van der Waals surface area (Å²) >= 11 is 0. The maximum Gasteiger partial charge on any atom is 0.411 e. The minimum atomic E-state index is -0.921. The number of carboxylic acids is 1. The first kappa shape index (κ1) is 11.2. The van der Waals surface area contributed by atoms with Crippen molar-refractivity contribution in [2.75, 3.05) is 6.54 Å². The number of likely N-dealkylation sites (tertiary alicyclic amines) is 1. The molecule has 1 amide bonds. The van der Waals surface area contributed by atoms with Crippen LogP contribution >= 0.6 is 0 Å². The minimum Gasteiger partial charge on any atom is -0.480 e. The van der Waals surface area contributed by atoms with Gasteiger partial charge in [0.2, 0.25) is 0 Å². The van der Waals surface area contributed by atoms with Crippen molar-refractivity contribution in [2.45, 2.75) is 38.8 Å². The van der Waals surface area contributed by atoms with Gasteiger partial charge in [0.05, 0.1) is 0 Å². The summed E-state index contributed by atoms with van der Waals surface area (Å²) in [5, 5.41) is 9.08. The highest BCUT2D eigenvalue weighted by Gasteiger charge is 2.57. The highest BCUT2D eigenvalue weighted by molar-refractivity contribution is 5.82. The van der Waals surface area contributed by atoms with Crippen molar-refractivity contribution >= 4 is 12.1 Å². The Kier molecular flexibility index (Phi) is 2.36. The molecular formula is C11H17NO4. The summed E-state index contributed by atoms with van der Waals surface area (Å²) in [7, 11) is 0. The lowest BCUT2D eigenvalue weighted by molar-refractivity contribution is -0.142. The van der Waals surface area contributed by atoms with Crippen LogP contribution in [0, 0.1) is 11.8 Å². The third kappa shape index (κ3) is 1.99. The molecule has 0 spiro atoms. The van der Waals surface area contributed by atoms with E-state index >= 15 is 0 Å². The van der Waals surface area contributed by atoms with Gasteiger partial charge in [-0.15, -0.1) is 0 Å². The van der Waals surface area contributed by atoms with Crippen LogP contribution in [0.2, 0.25) is 0 Å². The first-order valence-electron chi connectivity index (χ1n) is 5.52. The Morgan fingerprint density at radius 2 is 2.00 bits per heavy atom. The van der Waals surface area contributed by atoms with E-state index in [2.05, 4.69) is 0 Å². The van der Waals surface area contributed by atoms with E-state index in [1.807, 2.05) is 0 Å². The van der Waals surface area contributed by atoms with Crippen molar-refractivity contribution in [1.82, 2.24) is 4.90 Å². The normalized spacial score (nSPS) is 32.2. The molecule has 1 aliphatic heterocycles. The maximum absolute atomic E-state index is 11.8. The van der Waals surface area contributed by atoms with Gasteiger partial charge < -0.3 is 9.84 Å². The zero-order valence-corrected chi connectivity index (χ0v) is 9.77. The summed E-state index contributed by atoms with van der Waals surface area (Å²) in [6.07, 6.45) is 0.420. The zero-order chi connectivity index (χ0) is 12.1. The average Bonchev–Trinajstić information content (AvgIpc) is 2.73. The SMILES string of the molecule is CC(C)(C)OC(=O)N1CC2CC2[C@@H]1C(=O)O. The van der Waals surface area contributed by atoms with E-state index in [0.717, 1.165) is 6.42 Å². The highest BCUT2D eigenvalue weighted by Crippen LogP contribution is 2.49. The largest absolute Gasteiger partial charge is 0.480 e. The number of rotatable bonds is 1. The van der Waals surface area contributed by atoms with Crippen LogP contribution in [0.4, 0.5) is 4.79 Å². The molecule has 2 fully saturated rings. The van der Waals surface area contributed by atoms with Crippen LogP contribution in [-0.4, -0.2) is 40.3 Å². The first-order valence-corrected chi connectivity index (χ1v) is 5.52. The number of hydrogen-bond donors (Lipinski definition) is 1. The van der Waals surface area contributed by atoms with E-state index in [4.69, 9.17) is 9.84 Å². The van der Waals surface area contributed by atoms with Crippen LogP contribution in [0.25, 0.3) is 0 Å². The summed E-state index contributed by atoms with van der Waals surface area (Å²) in [5.74, 6) is -0.408. The summed E-state index contributed by atoms with van der Waals surface area (Å²) in [6, 6.07) is -0.681. The van der Waals surface area contributed by atoms with Crippen molar-refractivity contribution < 1.29 is 19.4 Å². The monoisotopic (exact) mass is 227 g/mol. The average molecular weight is 227 g/mol. The molecule has 0 aromatic carbocycles. The number of carbonyl (C=O) groups is 2. The zero-order valence-electron chi connectivity index (χ0n) is 9.77. The van der Waals surface area contributed by atoms with Gasteiger partial charge in [-0.2, -0.15) is 0 Å². The van der Waals surface area contributed by atoms with Crippen LogP contribution in [0.5, 0.6) is 0 Å². The van der Waals surface area contributed by atoms with Gasteiger partial charge in [-0.1, -0.05) is 0 Å². The quantitative estimate of drug-likeness (QED) is 0.733. The Labute approximate surface area is 94.4 Å². The van der Waals surface area contributed by atoms with Gasteiger partial charge in [-0.05, 0) is 39.0 Å². The second kappa shape index (κ2) is 3.37. The van der Waals surface area contributed by atoms with Crippen LogP contribution < -0.4 is 0 Å². The number of nitrogens with zero attached hydrogens (tertiary/aromatic N) is 1. The molecule has 1 saturated heterocycles. The predicted molar refractivity (Wildman–Crippen MR) is 56.0 cm³/mol. The number of ether oxygens (including phenoxy) is 1. The molecule has 1 N–H and O–H groups in total. The number of piperidine rings is 1. The van der Waals surface area contributed by atoms with E-state index in [1.54, 1.807) is 20.8 Å². The third-order valence-corrected chi connectivity index (χ3v) is 3.03. The van der Waals surface area contributed by atoms with Crippen molar-refractivity contribution in [1.29, 1.82) is 0 Å². The topological polar surface area (TPSA) is 66.8 Å². The number of fused-ring (bicyclic) bond motifs is 1. The molecule has 90 valence electrons. The van der Waals surface area contributed by atoms with Crippen LogP contribution in [-0.2, 0) is 9.53 Å². The van der Waals surface area contributed by atoms with Gasteiger partial charge >= 0.3 is 12.1 Å². The van der Waals surface area contributed by atoms with Gasteiger partial charge in [0.15, 0.2) is 0 Å². The van der Waals surface area contributed by atoms with Gasteiger partial charge in [-0.25, -0.2) is 9.59 Å². The smallest absolute Gasteiger partial charge is 0.411 e. The fourth-order valence-electron chi connectivity index (χ4n) is 2.29. The molecule has 5 heteroatoms. The predicted octanol–water partition coefficient (Wildman–Crippen LogP) is 1.33. The number of amides is 1. The molecule has 0 aromatic heterocycles. The molecule has 0 bridgehead atoms. The lowest BCUT2D eigenvalue weighted by atomic mass is 10.2. The van der Waals surface area contributed by atoms with E-state index in [-0.39, 0.29) is 5.92 Å². The Balaban J connectivity index is 2.04. The van der Waals surface area contributed by atoms with Crippen molar-refractivity contribution in [3.63, 3.8) is 0 Å². The van der Waals surface area contributed by atoms with Crippen LogP contribution in [0.1, 0.15) is 27.2 Å². The Bertz CT molecular complexity index is 333. The molecular weight excluding hydrogens is 210 g/mol. The van der Waals surface area contributed by atoms with Gasteiger partial charge in [-0.3, -0.25) is 4.90 Å². The third-order valence-electron chi connectivity index (χ3n) is 3.03.